The average Bonchev–Trinajstić information content (AvgIpc) is 4.24. The van der Waals surface area contributed by atoms with Gasteiger partial charge in [0.2, 0.25) is 0 Å². The molecule has 352 valence electrons. The molecular weight excluding hydrogens is 845 g/mol. The summed E-state index contributed by atoms with van der Waals surface area (Å²) in [6.07, 6.45) is 15.8. The van der Waals surface area contributed by atoms with Gasteiger partial charge in [-0.15, -0.1) is 0 Å². The van der Waals surface area contributed by atoms with E-state index in [4.69, 9.17) is 0 Å². The van der Waals surface area contributed by atoms with Crippen molar-refractivity contribution in [2.45, 2.75) is 53.5 Å². The summed E-state index contributed by atoms with van der Waals surface area (Å²) in [6, 6.07) is 50.8. The third kappa shape index (κ3) is 19.6. The number of rotatable bonds is 8. The Hall–Kier alpha value is -8.35. The lowest BCUT2D eigenvalue weighted by Crippen LogP contribution is -2.22. The van der Waals surface area contributed by atoms with E-state index in [0.29, 0.717) is 17.4 Å². The first kappa shape index (κ1) is 55.0. The molecule has 69 heavy (non-hydrogen) atoms. The Labute approximate surface area is 412 Å². The highest BCUT2D eigenvalue weighted by atomic mass is 16.5. The van der Waals surface area contributed by atoms with Crippen LogP contribution in [0.5, 0.6) is 0 Å². The number of allylic oxidation sites excluding steroid dienone is 1. The molecule has 6 heteroatoms. The number of carbonyl (C=O) groups excluding carboxylic acids is 1. The Morgan fingerprint density at radius 3 is 1.62 bits per heavy atom. The summed E-state index contributed by atoms with van der Waals surface area (Å²) in [4.78, 5) is 23.4. The molecule has 0 bridgehead atoms. The maximum Gasteiger partial charge on any atom is 0.259 e. The number of carbonyl (C=O) groups is 1. The van der Waals surface area contributed by atoms with Crippen molar-refractivity contribution in [3.8, 4) is 0 Å². The number of pyridine rings is 2. The molecule has 0 atom stereocenters. The molecule has 1 aliphatic heterocycles. The van der Waals surface area contributed by atoms with Crippen molar-refractivity contribution in [2.75, 3.05) is 10.2 Å². The molecule has 7 aromatic rings. The van der Waals surface area contributed by atoms with E-state index in [0.717, 1.165) is 35.5 Å². The number of hydrogen-bond acceptors (Lipinski definition) is 5. The molecule has 3 heterocycles. The minimum atomic E-state index is -0.117. The number of fused-ring (bicyclic) bond motifs is 2. The molecular formula is C63H68N4O2. The van der Waals surface area contributed by atoms with Gasteiger partial charge >= 0.3 is 0 Å². The zero-order valence-corrected chi connectivity index (χ0v) is 41.2. The Kier molecular flexibility index (Phi) is 24.5. The van der Waals surface area contributed by atoms with Gasteiger partial charge in [-0.2, -0.15) is 0 Å². The fourth-order valence-electron chi connectivity index (χ4n) is 6.30. The van der Waals surface area contributed by atoms with Crippen molar-refractivity contribution in [2.24, 2.45) is 0 Å². The van der Waals surface area contributed by atoms with Gasteiger partial charge in [0.05, 0.1) is 23.8 Å². The van der Waals surface area contributed by atoms with Gasteiger partial charge < -0.3 is 15.0 Å². The molecule has 1 aliphatic carbocycles. The number of benzene rings is 5. The molecule has 1 N–H and O–H groups in total. The average molecular weight is 913 g/mol. The van der Waals surface area contributed by atoms with Gasteiger partial charge in [0, 0.05) is 18.4 Å². The smallest absolute Gasteiger partial charge is 0.259 e. The van der Waals surface area contributed by atoms with E-state index in [1.807, 2.05) is 123 Å². The van der Waals surface area contributed by atoms with Gasteiger partial charge in [0.1, 0.15) is 5.82 Å². The molecule has 2 aliphatic rings. The Morgan fingerprint density at radius 2 is 1.14 bits per heavy atom. The van der Waals surface area contributed by atoms with Gasteiger partial charge in [-0.25, -0.2) is 9.97 Å². The van der Waals surface area contributed by atoms with Gasteiger partial charge in [0.15, 0.2) is 5.82 Å². The molecule has 0 radical (unpaired) electrons. The van der Waals surface area contributed by atoms with Gasteiger partial charge in [-0.1, -0.05) is 221 Å². The zero-order chi connectivity index (χ0) is 50.4. The molecule has 6 nitrogen and oxygen atoms in total. The summed E-state index contributed by atoms with van der Waals surface area (Å²) >= 11 is 0. The number of amides is 1. The van der Waals surface area contributed by atoms with Crippen LogP contribution in [0.15, 0.2) is 223 Å². The fourth-order valence-corrected chi connectivity index (χ4v) is 6.30. The number of nitrogens with zero attached hydrogens (tertiary/aromatic N) is 3. The highest BCUT2D eigenvalue weighted by Gasteiger charge is 2.37. The van der Waals surface area contributed by atoms with Crippen LogP contribution in [0.25, 0.3) is 29.9 Å². The van der Waals surface area contributed by atoms with Crippen LogP contribution in [0.2, 0.25) is 0 Å². The molecule has 0 spiro atoms. The van der Waals surface area contributed by atoms with Crippen molar-refractivity contribution < 1.29 is 9.53 Å². The molecule has 9 rings (SSSR count). The topological polar surface area (TPSA) is 67.3 Å². The highest BCUT2D eigenvalue weighted by molar-refractivity contribution is 6.12. The summed E-state index contributed by atoms with van der Waals surface area (Å²) < 4.78 is 4.36. The number of aromatic nitrogens is 2. The predicted molar refractivity (Wildman–Crippen MR) is 299 cm³/mol. The highest BCUT2D eigenvalue weighted by Crippen LogP contribution is 2.43. The van der Waals surface area contributed by atoms with Crippen LogP contribution in [0.1, 0.15) is 80.2 Å². The number of aryl methyl sites for hydroxylation is 4. The molecule has 0 saturated heterocycles. The molecule has 0 unspecified atom stereocenters. The number of nitrogens with one attached hydrogen (secondary N) is 1. The lowest BCUT2D eigenvalue weighted by atomic mass is 10.1. The summed E-state index contributed by atoms with van der Waals surface area (Å²) in [6.45, 7) is 35.2. The van der Waals surface area contributed by atoms with E-state index in [1.165, 1.54) is 57.0 Å². The zero-order valence-electron chi connectivity index (χ0n) is 41.2. The first-order chi connectivity index (χ1) is 33.4. The van der Waals surface area contributed by atoms with Crippen molar-refractivity contribution in [1.29, 1.82) is 0 Å². The molecule has 5 aromatic carbocycles. The van der Waals surface area contributed by atoms with Gasteiger partial charge in [-0.3, -0.25) is 4.79 Å². The van der Waals surface area contributed by atoms with Crippen LogP contribution in [0.4, 0.5) is 17.3 Å². The second-order valence-electron chi connectivity index (χ2n) is 15.8. The summed E-state index contributed by atoms with van der Waals surface area (Å²) in [5, 5.41) is 2.98. The third-order valence-corrected chi connectivity index (χ3v) is 10.3. The van der Waals surface area contributed by atoms with E-state index < -0.39 is 0 Å². The van der Waals surface area contributed by atoms with Crippen LogP contribution in [0, 0.1) is 27.7 Å². The molecule has 1 fully saturated rings. The van der Waals surface area contributed by atoms with Crippen LogP contribution >= 0.6 is 0 Å². The lowest BCUT2D eigenvalue weighted by Gasteiger charge is -2.23. The number of ether oxygens (including phenoxy) is 1. The summed E-state index contributed by atoms with van der Waals surface area (Å²) in [5.74, 6) is 1.40. The van der Waals surface area contributed by atoms with Gasteiger partial charge in [-0.05, 0) is 105 Å². The van der Waals surface area contributed by atoms with E-state index in [1.54, 1.807) is 18.5 Å². The predicted octanol–water partition coefficient (Wildman–Crippen LogP) is 16.9. The largest absolute Gasteiger partial charge is 0.474 e. The van der Waals surface area contributed by atoms with Crippen LogP contribution in [-0.4, -0.2) is 21.9 Å². The minimum Gasteiger partial charge on any atom is -0.474 e. The molecule has 1 saturated carbocycles. The summed E-state index contributed by atoms with van der Waals surface area (Å²) in [7, 11) is 0. The Morgan fingerprint density at radius 1 is 0.580 bits per heavy atom. The van der Waals surface area contributed by atoms with E-state index in [2.05, 4.69) is 152 Å². The second-order valence-corrected chi connectivity index (χ2v) is 15.8. The lowest BCUT2D eigenvalue weighted by molar-refractivity contribution is 0.102. The Bertz CT molecular complexity index is 2710. The maximum absolute atomic E-state index is 12.4. The van der Waals surface area contributed by atoms with Crippen LogP contribution in [-0.2, 0) is 4.74 Å². The third-order valence-electron chi connectivity index (χ3n) is 10.3. The maximum atomic E-state index is 12.4. The monoisotopic (exact) mass is 913 g/mol. The quantitative estimate of drug-likeness (QED) is 0.154. The van der Waals surface area contributed by atoms with Crippen molar-refractivity contribution in [1.82, 2.24) is 9.97 Å². The van der Waals surface area contributed by atoms with Gasteiger partial charge in [0.25, 0.3) is 5.91 Å². The minimum absolute atomic E-state index is 0.117. The SMILES string of the molecule is C=C(C)c1ccccc1.C=COC=C.C=Cc1ccc(C)cc1.C=Cc1cccc(C)c1.C=Cc1ccccc1.C=Cc1ccccc1C.Cc1ccnc2c1NC(=O)c1cccnc1N2C1CC1. The fraction of sp³-hybridized carbons (Fsp3) is 0.127. The van der Waals surface area contributed by atoms with Crippen LogP contribution < -0.4 is 10.2 Å². The van der Waals surface area contributed by atoms with Crippen molar-refractivity contribution in [3.63, 3.8) is 0 Å². The van der Waals surface area contributed by atoms with E-state index >= 15 is 0 Å². The molecule has 1 amide bonds. The first-order valence-electron chi connectivity index (χ1n) is 22.7. The van der Waals surface area contributed by atoms with Crippen LogP contribution in [0.3, 0.4) is 0 Å². The number of hydrogen-bond donors (Lipinski definition) is 1. The summed E-state index contributed by atoms with van der Waals surface area (Å²) in [5.41, 5.74) is 13.4. The standard InChI is InChI=1S/C15H14N4O.4C9H10.C8H8.C4H6O/c1-9-6-8-17-14-12(9)18-15(20)11-3-2-7-16-13(11)19(14)10-4-5-10;1-8(2)9-6-4-3-5-7-9;1-3-9-6-4-8(2)5-7-9;1-3-9-6-4-5-8(2)7-9;1-3-9-7-5-4-6-8(9)2;1-2-8-6-4-3-5-7-8;1-3-5-4-2/h2-3,6-8,10H,4-5H2,1H3,(H,18,20);4*3-7H,1H2,2H3;2-7H,1H2;3-4H,1-2H2. The number of anilines is 3. The first-order valence-corrected chi connectivity index (χ1v) is 22.7. The van der Waals surface area contributed by atoms with Crippen molar-refractivity contribution in [3.05, 3.63) is 278 Å². The van der Waals surface area contributed by atoms with E-state index in [-0.39, 0.29) is 5.91 Å². The van der Waals surface area contributed by atoms with E-state index in [9.17, 15) is 4.79 Å². The van der Waals surface area contributed by atoms with Crippen molar-refractivity contribution >= 4 is 53.1 Å². The second kappa shape index (κ2) is 30.8. The Balaban J connectivity index is 0.000000224. The molecule has 2 aromatic heterocycles. The normalized spacial score (nSPS) is 11.0.